The molecule has 0 heterocycles. The zero-order valence-corrected chi connectivity index (χ0v) is 20.9. The van der Waals surface area contributed by atoms with E-state index in [1.54, 1.807) is 0 Å². The Bertz CT molecular complexity index is 774. The molecule has 0 saturated heterocycles. The van der Waals surface area contributed by atoms with Gasteiger partial charge in [-0.2, -0.15) is 0 Å². The second-order valence-electron chi connectivity index (χ2n) is 9.15. The van der Waals surface area contributed by atoms with E-state index in [-0.39, 0.29) is 24.3 Å². The Morgan fingerprint density at radius 3 is 2.58 bits per heavy atom. The number of amides is 2. The predicted octanol–water partition coefficient (Wildman–Crippen LogP) is 4.35. The number of allylic oxidation sites excluding steroid dienone is 2. The van der Waals surface area contributed by atoms with Crippen LogP contribution in [0.25, 0.3) is 0 Å². The van der Waals surface area contributed by atoms with Crippen molar-refractivity contribution in [2.24, 2.45) is 11.8 Å². The van der Waals surface area contributed by atoms with Gasteiger partial charge >= 0.3 is 0 Å². The summed E-state index contributed by atoms with van der Waals surface area (Å²) in [5.41, 5.74) is 2.22. The number of carbonyl (C=O) groups is 2. The maximum Gasteiger partial charge on any atom is 0.242 e. The highest BCUT2D eigenvalue weighted by molar-refractivity contribution is 5.88. The summed E-state index contributed by atoms with van der Waals surface area (Å²) < 4.78 is 5.86. The molecule has 1 fully saturated rings. The standard InChI is InChI=1S/C27H43N3O3/c1-5-10-23(7-3)28-19-26(31)30-24(17-21-13-14-21)27(32)29-18-20(4)16-22-11-8-9-12-25(22)33-15-6-2/h8-12,20-21,24,28H,5-7,13-19H2,1-4H3,(H,29,32)(H,30,31)/b23-10-. The molecule has 6 heteroatoms. The lowest BCUT2D eigenvalue weighted by Crippen LogP contribution is -2.49. The highest BCUT2D eigenvalue weighted by Gasteiger charge is 2.30. The van der Waals surface area contributed by atoms with E-state index in [0.29, 0.717) is 25.5 Å². The van der Waals surface area contributed by atoms with Crippen molar-refractivity contribution in [3.05, 3.63) is 41.6 Å². The fraction of sp³-hybridized carbons (Fsp3) is 0.630. The van der Waals surface area contributed by atoms with Crippen molar-refractivity contribution < 1.29 is 14.3 Å². The van der Waals surface area contributed by atoms with Crippen molar-refractivity contribution in [2.75, 3.05) is 19.7 Å². The van der Waals surface area contributed by atoms with Crippen LogP contribution in [0.5, 0.6) is 5.75 Å². The van der Waals surface area contributed by atoms with Gasteiger partial charge in [-0.25, -0.2) is 0 Å². The molecule has 0 aromatic heterocycles. The van der Waals surface area contributed by atoms with Crippen LogP contribution < -0.4 is 20.7 Å². The number of para-hydroxylation sites is 1. The van der Waals surface area contributed by atoms with Gasteiger partial charge in [-0.15, -0.1) is 0 Å². The fourth-order valence-corrected chi connectivity index (χ4v) is 3.82. The first-order valence-corrected chi connectivity index (χ1v) is 12.7. The average molecular weight is 458 g/mol. The van der Waals surface area contributed by atoms with Crippen molar-refractivity contribution in [3.63, 3.8) is 0 Å². The number of nitrogens with one attached hydrogen (secondary N) is 3. The van der Waals surface area contributed by atoms with Crippen molar-refractivity contribution >= 4 is 11.8 Å². The van der Waals surface area contributed by atoms with Crippen LogP contribution in [0.2, 0.25) is 0 Å². The number of ether oxygens (including phenoxy) is 1. The van der Waals surface area contributed by atoms with Crippen LogP contribution in [0, 0.1) is 11.8 Å². The van der Waals surface area contributed by atoms with Gasteiger partial charge in [-0.1, -0.05) is 64.8 Å². The quantitative estimate of drug-likeness (QED) is 0.345. The van der Waals surface area contributed by atoms with Gasteiger partial charge in [0.25, 0.3) is 0 Å². The van der Waals surface area contributed by atoms with E-state index in [0.717, 1.165) is 55.5 Å². The van der Waals surface area contributed by atoms with E-state index in [1.807, 2.05) is 18.2 Å². The molecule has 2 atom stereocenters. The number of benzene rings is 1. The lowest BCUT2D eigenvalue weighted by atomic mass is 10.00. The second kappa shape index (κ2) is 14.6. The summed E-state index contributed by atoms with van der Waals surface area (Å²) in [6.45, 7) is 9.82. The molecule has 1 aromatic carbocycles. The molecule has 33 heavy (non-hydrogen) atoms. The molecule has 1 aliphatic rings. The minimum Gasteiger partial charge on any atom is -0.493 e. The van der Waals surface area contributed by atoms with Gasteiger partial charge in [0.1, 0.15) is 11.8 Å². The smallest absolute Gasteiger partial charge is 0.242 e. The molecule has 1 aromatic rings. The van der Waals surface area contributed by atoms with E-state index in [1.165, 1.54) is 0 Å². The molecule has 0 aliphatic heterocycles. The summed E-state index contributed by atoms with van der Waals surface area (Å²) >= 11 is 0. The summed E-state index contributed by atoms with van der Waals surface area (Å²) in [7, 11) is 0. The normalized spacial score (nSPS) is 15.5. The summed E-state index contributed by atoms with van der Waals surface area (Å²) in [6.07, 6.45) is 8.67. The molecule has 2 amide bonds. The van der Waals surface area contributed by atoms with Gasteiger partial charge in [0.15, 0.2) is 0 Å². The molecular formula is C27H43N3O3. The van der Waals surface area contributed by atoms with Crippen LogP contribution in [0.4, 0.5) is 0 Å². The Labute approximate surface area is 199 Å². The lowest BCUT2D eigenvalue weighted by Gasteiger charge is -2.21. The highest BCUT2D eigenvalue weighted by atomic mass is 16.5. The molecule has 2 rings (SSSR count). The third-order valence-electron chi connectivity index (χ3n) is 5.85. The molecule has 184 valence electrons. The van der Waals surface area contributed by atoms with Gasteiger partial charge in [0.05, 0.1) is 13.2 Å². The first-order chi connectivity index (χ1) is 16.0. The predicted molar refractivity (Wildman–Crippen MR) is 134 cm³/mol. The molecule has 6 nitrogen and oxygen atoms in total. The Hall–Kier alpha value is -2.50. The number of rotatable bonds is 16. The van der Waals surface area contributed by atoms with Crippen molar-refractivity contribution in [1.29, 1.82) is 0 Å². The van der Waals surface area contributed by atoms with Crippen molar-refractivity contribution in [3.8, 4) is 5.75 Å². The van der Waals surface area contributed by atoms with Crippen LogP contribution in [-0.2, 0) is 16.0 Å². The Kier molecular flexibility index (Phi) is 11.8. The summed E-state index contributed by atoms with van der Waals surface area (Å²) in [4.78, 5) is 25.4. The van der Waals surface area contributed by atoms with Crippen LogP contribution in [-0.4, -0.2) is 37.6 Å². The third kappa shape index (κ3) is 10.3. The zero-order valence-electron chi connectivity index (χ0n) is 20.9. The highest BCUT2D eigenvalue weighted by Crippen LogP contribution is 2.33. The van der Waals surface area contributed by atoms with Crippen molar-refractivity contribution in [1.82, 2.24) is 16.0 Å². The maximum atomic E-state index is 12.9. The van der Waals surface area contributed by atoms with Crippen LogP contribution in [0.3, 0.4) is 0 Å². The number of hydrogen-bond donors (Lipinski definition) is 3. The molecule has 1 saturated carbocycles. The van der Waals surface area contributed by atoms with Gasteiger partial charge in [0.2, 0.25) is 11.8 Å². The van der Waals surface area contributed by atoms with Crippen molar-refractivity contribution in [2.45, 2.75) is 78.7 Å². The molecule has 0 spiro atoms. The third-order valence-corrected chi connectivity index (χ3v) is 5.85. The molecule has 3 N–H and O–H groups in total. The topological polar surface area (TPSA) is 79.5 Å². The van der Waals surface area contributed by atoms with E-state index >= 15 is 0 Å². The van der Waals surface area contributed by atoms with Crippen LogP contribution in [0.15, 0.2) is 36.0 Å². The Morgan fingerprint density at radius 1 is 1.15 bits per heavy atom. The van der Waals surface area contributed by atoms with Crippen LogP contribution in [0.1, 0.15) is 71.8 Å². The number of carbonyl (C=O) groups excluding carboxylic acids is 2. The SMILES string of the molecule is CC/C=C(/CC)NCC(=O)NC(CC1CC1)C(=O)NCC(C)Cc1ccccc1OCCC. The first kappa shape index (κ1) is 26.7. The minimum atomic E-state index is -0.473. The van der Waals surface area contributed by atoms with Gasteiger partial charge in [0, 0.05) is 12.2 Å². The largest absolute Gasteiger partial charge is 0.493 e. The Balaban J connectivity index is 1.85. The van der Waals surface area contributed by atoms with Gasteiger partial charge < -0.3 is 20.7 Å². The zero-order chi connectivity index (χ0) is 24.1. The molecule has 1 aliphatic carbocycles. The van der Waals surface area contributed by atoms with E-state index < -0.39 is 6.04 Å². The summed E-state index contributed by atoms with van der Waals surface area (Å²) in [6, 6.07) is 7.63. The van der Waals surface area contributed by atoms with Gasteiger partial charge in [-0.3, -0.25) is 9.59 Å². The fourth-order valence-electron chi connectivity index (χ4n) is 3.82. The van der Waals surface area contributed by atoms with E-state index in [2.05, 4.69) is 55.8 Å². The summed E-state index contributed by atoms with van der Waals surface area (Å²) in [5, 5.41) is 9.21. The van der Waals surface area contributed by atoms with Gasteiger partial charge in [-0.05, 0) is 55.6 Å². The van der Waals surface area contributed by atoms with E-state index in [4.69, 9.17) is 4.74 Å². The average Bonchev–Trinajstić information content (AvgIpc) is 3.63. The monoisotopic (exact) mass is 457 g/mol. The Morgan fingerprint density at radius 2 is 1.91 bits per heavy atom. The lowest BCUT2D eigenvalue weighted by molar-refractivity contribution is -0.128. The molecule has 2 unspecified atom stereocenters. The van der Waals surface area contributed by atoms with E-state index in [9.17, 15) is 9.59 Å². The van der Waals surface area contributed by atoms with Crippen LogP contribution >= 0.6 is 0 Å². The molecular weight excluding hydrogens is 414 g/mol. The molecule has 0 radical (unpaired) electrons. The number of hydrogen-bond acceptors (Lipinski definition) is 4. The minimum absolute atomic E-state index is 0.0857. The second-order valence-corrected chi connectivity index (χ2v) is 9.15. The summed E-state index contributed by atoms with van der Waals surface area (Å²) in [5.74, 6) is 1.50. The molecule has 0 bridgehead atoms. The first-order valence-electron chi connectivity index (χ1n) is 12.7. The maximum absolute atomic E-state index is 12.9.